The van der Waals surface area contributed by atoms with Crippen LogP contribution in [0.2, 0.25) is 0 Å². The third kappa shape index (κ3) is 3.13. The highest BCUT2D eigenvalue weighted by Crippen LogP contribution is 2.25. The fraction of sp³-hybridized carbons (Fsp3) is 0.300. The van der Waals surface area contributed by atoms with Gasteiger partial charge in [0.05, 0.1) is 16.1 Å². The van der Waals surface area contributed by atoms with Crippen molar-refractivity contribution in [1.82, 2.24) is 15.0 Å². The molecule has 0 saturated carbocycles. The van der Waals surface area contributed by atoms with Crippen LogP contribution in [0, 0.1) is 17.0 Å². The minimum Gasteiger partial charge on any atom is -0.368 e. The van der Waals surface area contributed by atoms with Crippen LogP contribution >= 0.6 is 11.3 Å². The summed E-state index contributed by atoms with van der Waals surface area (Å²) in [5.74, 6) is 0.157. The van der Waals surface area contributed by atoms with Crippen LogP contribution in [0.25, 0.3) is 0 Å². The van der Waals surface area contributed by atoms with Crippen molar-refractivity contribution in [3.05, 3.63) is 32.4 Å². The molecule has 2 aromatic rings. The van der Waals surface area contributed by atoms with Gasteiger partial charge >= 0.3 is 5.69 Å². The Balaban J connectivity index is 2.12. The van der Waals surface area contributed by atoms with Gasteiger partial charge in [-0.1, -0.05) is 0 Å². The van der Waals surface area contributed by atoms with Crippen molar-refractivity contribution in [2.75, 3.05) is 17.6 Å². The Morgan fingerprint density at radius 2 is 2.32 bits per heavy atom. The van der Waals surface area contributed by atoms with Crippen LogP contribution < -0.4 is 11.1 Å². The highest BCUT2D eigenvalue weighted by Gasteiger charge is 2.21. The monoisotopic (exact) mass is 280 g/mol. The van der Waals surface area contributed by atoms with E-state index in [9.17, 15) is 10.1 Å². The summed E-state index contributed by atoms with van der Waals surface area (Å²) >= 11 is 1.51. The third-order valence-corrected chi connectivity index (χ3v) is 3.05. The molecule has 2 aromatic heterocycles. The Bertz CT molecular complexity index is 586. The zero-order valence-corrected chi connectivity index (χ0v) is 11.0. The van der Waals surface area contributed by atoms with Gasteiger partial charge in [0.15, 0.2) is 0 Å². The molecule has 2 rings (SSSR count). The van der Waals surface area contributed by atoms with E-state index in [1.165, 1.54) is 18.3 Å². The quantitative estimate of drug-likeness (QED) is 0.627. The van der Waals surface area contributed by atoms with E-state index in [0.29, 0.717) is 13.0 Å². The van der Waals surface area contributed by atoms with Crippen molar-refractivity contribution < 1.29 is 4.92 Å². The van der Waals surface area contributed by atoms with Gasteiger partial charge in [-0.3, -0.25) is 10.1 Å². The molecule has 2 heterocycles. The summed E-state index contributed by atoms with van der Waals surface area (Å²) in [5, 5.41) is 15.8. The third-order valence-electron chi connectivity index (χ3n) is 2.42. The average Bonchev–Trinajstić information content (AvgIpc) is 2.80. The molecule has 0 radical (unpaired) electrons. The molecule has 9 heteroatoms. The summed E-state index contributed by atoms with van der Waals surface area (Å²) in [6.07, 6.45) is 0.656. The molecular formula is C10H12N6O2S. The second-order valence-electron chi connectivity index (χ2n) is 3.78. The first-order valence-corrected chi connectivity index (χ1v) is 6.41. The van der Waals surface area contributed by atoms with Crippen molar-refractivity contribution >= 4 is 28.8 Å². The van der Waals surface area contributed by atoms with Gasteiger partial charge in [-0.05, 0) is 6.92 Å². The summed E-state index contributed by atoms with van der Waals surface area (Å²) in [6.45, 7) is 2.02. The molecule has 100 valence electrons. The topological polar surface area (TPSA) is 120 Å². The Hall–Kier alpha value is -2.29. The molecule has 0 spiro atoms. The van der Waals surface area contributed by atoms with E-state index in [-0.39, 0.29) is 23.1 Å². The first kappa shape index (κ1) is 13.1. The Morgan fingerprint density at radius 3 is 2.95 bits per heavy atom. The van der Waals surface area contributed by atoms with Crippen LogP contribution in [0.4, 0.5) is 17.5 Å². The summed E-state index contributed by atoms with van der Waals surface area (Å²) < 4.78 is 0. The van der Waals surface area contributed by atoms with E-state index in [4.69, 9.17) is 5.73 Å². The number of hydrogen-bond donors (Lipinski definition) is 2. The van der Waals surface area contributed by atoms with Crippen LogP contribution in [0.3, 0.4) is 0 Å². The van der Waals surface area contributed by atoms with Crippen LogP contribution in [-0.4, -0.2) is 26.4 Å². The van der Waals surface area contributed by atoms with Crippen molar-refractivity contribution in [3.63, 3.8) is 0 Å². The smallest absolute Gasteiger partial charge is 0.332 e. The molecule has 8 nitrogen and oxygen atoms in total. The Kier molecular flexibility index (Phi) is 3.85. The van der Waals surface area contributed by atoms with Gasteiger partial charge in [0, 0.05) is 18.3 Å². The van der Waals surface area contributed by atoms with Crippen molar-refractivity contribution in [2.24, 2.45) is 0 Å². The van der Waals surface area contributed by atoms with Crippen molar-refractivity contribution in [1.29, 1.82) is 0 Å². The van der Waals surface area contributed by atoms with Gasteiger partial charge in [-0.25, -0.2) is 9.97 Å². The molecule has 0 aliphatic heterocycles. The molecule has 0 bridgehead atoms. The fourth-order valence-electron chi connectivity index (χ4n) is 1.60. The zero-order valence-electron chi connectivity index (χ0n) is 10.2. The summed E-state index contributed by atoms with van der Waals surface area (Å²) in [6, 6.07) is 0. The highest BCUT2D eigenvalue weighted by molar-refractivity contribution is 7.07. The molecule has 0 amide bonds. The maximum atomic E-state index is 11.0. The zero-order chi connectivity index (χ0) is 13.8. The summed E-state index contributed by atoms with van der Waals surface area (Å²) in [4.78, 5) is 22.3. The van der Waals surface area contributed by atoms with E-state index in [0.717, 1.165) is 5.69 Å². The summed E-state index contributed by atoms with van der Waals surface area (Å²) in [7, 11) is 0. The number of nitrogens with zero attached hydrogens (tertiary/aromatic N) is 4. The van der Waals surface area contributed by atoms with Crippen molar-refractivity contribution in [3.8, 4) is 0 Å². The second-order valence-corrected chi connectivity index (χ2v) is 4.50. The van der Waals surface area contributed by atoms with E-state index >= 15 is 0 Å². The van der Waals surface area contributed by atoms with Gasteiger partial charge < -0.3 is 11.1 Å². The Labute approximate surface area is 112 Å². The van der Waals surface area contributed by atoms with Crippen LogP contribution in [0.15, 0.2) is 10.9 Å². The lowest BCUT2D eigenvalue weighted by molar-refractivity contribution is -0.385. The highest BCUT2D eigenvalue weighted by atomic mass is 32.1. The van der Waals surface area contributed by atoms with E-state index in [1.54, 1.807) is 5.51 Å². The van der Waals surface area contributed by atoms with Gasteiger partial charge in [0.2, 0.25) is 11.8 Å². The number of nitrogens with one attached hydrogen (secondary N) is 1. The maximum Gasteiger partial charge on any atom is 0.332 e. The molecule has 0 unspecified atom stereocenters. The number of thiazole rings is 1. The summed E-state index contributed by atoms with van der Waals surface area (Å²) in [5.41, 5.74) is 8.27. The number of rotatable bonds is 5. The fourth-order valence-corrected chi connectivity index (χ4v) is 2.19. The number of nitrogen functional groups attached to an aromatic ring is 1. The minimum atomic E-state index is -0.514. The van der Waals surface area contributed by atoms with Gasteiger partial charge in [0.1, 0.15) is 5.69 Å². The van der Waals surface area contributed by atoms with Gasteiger partial charge in [-0.2, -0.15) is 4.98 Å². The van der Waals surface area contributed by atoms with E-state index < -0.39 is 4.92 Å². The lowest BCUT2D eigenvalue weighted by Gasteiger charge is -2.07. The number of aryl methyl sites for hydroxylation is 1. The number of aromatic nitrogens is 3. The second kappa shape index (κ2) is 5.57. The lowest BCUT2D eigenvalue weighted by Crippen LogP contribution is -2.12. The minimum absolute atomic E-state index is 0.0132. The van der Waals surface area contributed by atoms with Crippen molar-refractivity contribution in [2.45, 2.75) is 13.3 Å². The predicted octanol–water partition coefficient (Wildman–Crippen LogP) is 1.39. The molecule has 0 fully saturated rings. The molecule has 0 atom stereocenters. The lowest BCUT2D eigenvalue weighted by atomic mass is 10.3. The molecule has 0 saturated heterocycles. The first-order valence-electron chi connectivity index (χ1n) is 5.47. The normalized spacial score (nSPS) is 10.4. The maximum absolute atomic E-state index is 11.0. The number of nitro groups is 1. The molecule has 0 aliphatic rings. The predicted molar refractivity (Wildman–Crippen MR) is 72.1 cm³/mol. The van der Waals surface area contributed by atoms with E-state index in [1.807, 2.05) is 5.38 Å². The number of anilines is 2. The number of hydrogen-bond acceptors (Lipinski definition) is 8. The molecule has 19 heavy (non-hydrogen) atoms. The average molecular weight is 280 g/mol. The van der Waals surface area contributed by atoms with Gasteiger partial charge in [-0.15, -0.1) is 11.3 Å². The first-order chi connectivity index (χ1) is 9.08. The van der Waals surface area contributed by atoms with Gasteiger partial charge in [0.25, 0.3) is 0 Å². The number of nitrogens with two attached hydrogens (primary N) is 1. The molecular weight excluding hydrogens is 268 g/mol. The van der Waals surface area contributed by atoms with Crippen LogP contribution in [0.5, 0.6) is 0 Å². The largest absolute Gasteiger partial charge is 0.368 e. The van der Waals surface area contributed by atoms with E-state index in [2.05, 4.69) is 20.3 Å². The molecule has 0 aromatic carbocycles. The van der Waals surface area contributed by atoms with Crippen LogP contribution in [-0.2, 0) is 6.42 Å². The molecule has 3 N–H and O–H groups in total. The SMILES string of the molecule is Cc1nc(N)nc(NCCc2cscn2)c1[N+](=O)[O-]. The van der Waals surface area contributed by atoms with Crippen LogP contribution in [0.1, 0.15) is 11.4 Å². The molecule has 0 aliphatic carbocycles. The Morgan fingerprint density at radius 1 is 1.53 bits per heavy atom. The standard InChI is InChI=1S/C10H12N6O2S/c1-6-8(16(17)18)9(15-10(11)14-6)12-3-2-7-4-19-5-13-7/h4-5H,2-3H2,1H3,(H3,11,12,14,15).